The van der Waals surface area contributed by atoms with Crippen molar-refractivity contribution < 1.29 is 4.79 Å². The van der Waals surface area contributed by atoms with E-state index < -0.39 is 0 Å². The van der Waals surface area contributed by atoms with E-state index >= 15 is 0 Å². The highest BCUT2D eigenvalue weighted by Crippen LogP contribution is 2.41. The predicted octanol–water partition coefficient (Wildman–Crippen LogP) is 3.27. The summed E-state index contributed by atoms with van der Waals surface area (Å²) in [6, 6.07) is 0. The fourth-order valence-corrected chi connectivity index (χ4v) is 3.99. The molecule has 1 fully saturated rings. The number of hydrogen-bond acceptors (Lipinski definition) is 2. The zero-order valence-corrected chi connectivity index (χ0v) is 14.6. The quantitative estimate of drug-likeness (QED) is 0.798. The molecule has 0 spiro atoms. The molecule has 1 aliphatic heterocycles. The van der Waals surface area contributed by atoms with Gasteiger partial charge in [0, 0.05) is 30.9 Å². The largest absolute Gasteiger partial charge is 0.337 e. The highest BCUT2D eigenvalue weighted by atomic mass is 16.2. The minimum absolute atomic E-state index is 0.00521. The number of nitrogens with zero attached hydrogens (tertiary/aromatic N) is 3. The van der Waals surface area contributed by atoms with Crippen LogP contribution >= 0.6 is 0 Å². The second kappa shape index (κ2) is 5.10. The normalized spacial score (nSPS) is 26.6. The van der Waals surface area contributed by atoms with Crippen LogP contribution in [0.25, 0.3) is 0 Å². The molecule has 22 heavy (non-hydrogen) atoms. The fraction of sp³-hybridized carbons (Fsp3) is 0.778. The van der Waals surface area contributed by atoms with Gasteiger partial charge >= 0.3 is 0 Å². The van der Waals surface area contributed by atoms with Crippen molar-refractivity contribution in [2.45, 2.75) is 71.3 Å². The summed E-state index contributed by atoms with van der Waals surface area (Å²) in [6.45, 7) is 9.85. The van der Waals surface area contributed by atoms with Gasteiger partial charge in [0.2, 0.25) is 5.91 Å². The first-order valence-corrected chi connectivity index (χ1v) is 8.54. The van der Waals surface area contributed by atoms with E-state index in [1.165, 1.54) is 6.42 Å². The Morgan fingerprint density at radius 2 is 2.00 bits per heavy atom. The first-order valence-electron chi connectivity index (χ1n) is 8.54. The molecule has 0 N–H and O–H groups in total. The first kappa shape index (κ1) is 15.6. The SMILES string of the molecule is Cn1cc2c(n1)CCCC2C(=O)N1CC(C)(C)CCC1(C)C. The van der Waals surface area contributed by atoms with Crippen LogP contribution < -0.4 is 0 Å². The number of rotatable bonds is 1. The molecular formula is C18H29N3O. The zero-order chi connectivity index (χ0) is 16.1. The Morgan fingerprint density at radius 3 is 2.73 bits per heavy atom. The van der Waals surface area contributed by atoms with Crippen molar-refractivity contribution in [1.82, 2.24) is 14.7 Å². The summed E-state index contributed by atoms with van der Waals surface area (Å²) in [6.07, 6.45) is 7.36. The minimum Gasteiger partial charge on any atom is -0.337 e. The number of aryl methyl sites for hydroxylation is 2. The van der Waals surface area contributed by atoms with Crippen molar-refractivity contribution in [3.8, 4) is 0 Å². The Kier molecular flexibility index (Phi) is 3.61. The summed E-state index contributed by atoms with van der Waals surface area (Å²) in [5, 5.41) is 4.54. The van der Waals surface area contributed by atoms with Gasteiger partial charge in [0.1, 0.15) is 0 Å². The molecule has 1 aliphatic carbocycles. The number of likely N-dealkylation sites (tertiary alicyclic amines) is 1. The fourth-order valence-electron chi connectivity index (χ4n) is 3.99. The molecule has 1 aromatic heterocycles. The molecule has 1 aromatic rings. The molecule has 0 saturated carbocycles. The predicted molar refractivity (Wildman–Crippen MR) is 87.7 cm³/mol. The van der Waals surface area contributed by atoms with E-state index in [1.54, 1.807) is 0 Å². The van der Waals surface area contributed by atoms with Crippen molar-refractivity contribution in [3.63, 3.8) is 0 Å². The maximum Gasteiger partial charge on any atom is 0.230 e. The van der Waals surface area contributed by atoms with Crippen molar-refractivity contribution in [3.05, 3.63) is 17.5 Å². The summed E-state index contributed by atoms with van der Waals surface area (Å²) in [5.74, 6) is 0.317. The Hall–Kier alpha value is -1.32. The van der Waals surface area contributed by atoms with Gasteiger partial charge in [-0.1, -0.05) is 13.8 Å². The van der Waals surface area contributed by atoms with Gasteiger partial charge in [0.05, 0.1) is 11.6 Å². The van der Waals surface area contributed by atoms with Gasteiger partial charge in [0.15, 0.2) is 0 Å². The molecule has 0 bridgehead atoms. The van der Waals surface area contributed by atoms with E-state index in [9.17, 15) is 4.79 Å². The second-order valence-corrected chi connectivity index (χ2v) is 8.55. The molecule has 0 radical (unpaired) electrons. The molecule has 4 heteroatoms. The number of carbonyl (C=O) groups excluding carboxylic acids is 1. The van der Waals surface area contributed by atoms with E-state index in [2.05, 4.69) is 43.9 Å². The lowest BCUT2D eigenvalue weighted by Crippen LogP contribution is -2.56. The highest BCUT2D eigenvalue weighted by Gasteiger charge is 2.43. The van der Waals surface area contributed by atoms with Gasteiger partial charge in [-0.2, -0.15) is 5.10 Å². The molecule has 0 aromatic carbocycles. The van der Waals surface area contributed by atoms with Crippen molar-refractivity contribution in [1.29, 1.82) is 0 Å². The van der Waals surface area contributed by atoms with E-state index in [-0.39, 0.29) is 16.9 Å². The Labute approximate surface area is 133 Å². The molecule has 1 amide bonds. The van der Waals surface area contributed by atoms with Gasteiger partial charge in [-0.25, -0.2) is 0 Å². The maximum absolute atomic E-state index is 13.3. The molecule has 2 heterocycles. The van der Waals surface area contributed by atoms with Gasteiger partial charge < -0.3 is 4.90 Å². The molecule has 1 atom stereocenters. The minimum atomic E-state index is -0.0353. The summed E-state index contributed by atoms with van der Waals surface area (Å²) in [7, 11) is 1.95. The molecular weight excluding hydrogens is 274 g/mol. The number of hydrogen-bond donors (Lipinski definition) is 0. The third-order valence-electron chi connectivity index (χ3n) is 5.51. The maximum atomic E-state index is 13.3. The number of carbonyl (C=O) groups is 1. The van der Waals surface area contributed by atoms with Gasteiger partial charge in [-0.05, 0) is 51.4 Å². The van der Waals surface area contributed by atoms with Crippen molar-refractivity contribution >= 4 is 5.91 Å². The van der Waals surface area contributed by atoms with Crippen LogP contribution in [-0.2, 0) is 18.3 Å². The lowest BCUT2D eigenvalue weighted by Gasteiger charge is -2.50. The van der Waals surface area contributed by atoms with Crippen molar-refractivity contribution in [2.24, 2.45) is 12.5 Å². The summed E-state index contributed by atoms with van der Waals surface area (Å²) in [5.41, 5.74) is 2.48. The van der Waals surface area contributed by atoms with Crippen LogP contribution in [0, 0.1) is 5.41 Å². The lowest BCUT2D eigenvalue weighted by molar-refractivity contribution is -0.144. The number of fused-ring (bicyclic) bond motifs is 1. The van der Waals surface area contributed by atoms with Crippen LogP contribution in [0.1, 0.15) is 70.6 Å². The van der Waals surface area contributed by atoms with E-state index in [0.717, 1.165) is 43.5 Å². The molecule has 1 saturated heterocycles. The highest BCUT2D eigenvalue weighted by molar-refractivity contribution is 5.85. The van der Waals surface area contributed by atoms with Crippen LogP contribution in [0.3, 0.4) is 0 Å². The van der Waals surface area contributed by atoms with Crippen LogP contribution in [0.15, 0.2) is 6.20 Å². The number of amides is 1. The number of aromatic nitrogens is 2. The summed E-state index contributed by atoms with van der Waals surface area (Å²) in [4.78, 5) is 15.5. The standard InChI is InChI=1S/C18H29N3O/c1-17(2)9-10-18(3,4)21(12-17)16(22)13-7-6-8-15-14(13)11-20(5)19-15/h11,13H,6-10,12H2,1-5H3. The van der Waals surface area contributed by atoms with E-state index in [0.29, 0.717) is 5.91 Å². The van der Waals surface area contributed by atoms with Gasteiger partial charge in [-0.3, -0.25) is 9.48 Å². The number of piperidine rings is 1. The average Bonchev–Trinajstić information content (AvgIpc) is 2.81. The first-order chi connectivity index (χ1) is 10.2. The van der Waals surface area contributed by atoms with E-state index in [4.69, 9.17) is 0 Å². The molecule has 122 valence electrons. The van der Waals surface area contributed by atoms with Gasteiger partial charge in [0.25, 0.3) is 0 Å². The van der Waals surface area contributed by atoms with E-state index in [1.807, 2.05) is 11.7 Å². The molecule has 1 unspecified atom stereocenters. The van der Waals surface area contributed by atoms with Crippen LogP contribution in [-0.4, -0.2) is 32.7 Å². The Bertz CT molecular complexity index is 585. The third-order valence-corrected chi connectivity index (χ3v) is 5.51. The third kappa shape index (κ3) is 2.68. The Balaban J connectivity index is 1.90. The summed E-state index contributed by atoms with van der Waals surface area (Å²) >= 11 is 0. The summed E-state index contributed by atoms with van der Waals surface area (Å²) < 4.78 is 1.86. The van der Waals surface area contributed by atoms with Crippen LogP contribution in [0.4, 0.5) is 0 Å². The zero-order valence-electron chi connectivity index (χ0n) is 14.6. The molecule has 4 nitrogen and oxygen atoms in total. The Morgan fingerprint density at radius 1 is 1.27 bits per heavy atom. The van der Waals surface area contributed by atoms with Crippen molar-refractivity contribution in [2.75, 3.05) is 6.54 Å². The van der Waals surface area contributed by atoms with Crippen LogP contribution in [0.5, 0.6) is 0 Å². The monoisotopic (exact) mass is 303 g/mol. The smallest absolute Gasteiger partial charge is 0.230 e. The lowest BCUT2D eigenvalue weighted by atomic mass is 9.75. The second-order valence-electron chi connectivity index (χ2n) is 8.55. The molecule has 3 rings (SSSR count). The average molecular weight is 303 g/mol. The topological polar surface area (TPSA) is 38.1 Å². The molecule has 2 aliphatic rings. The van der Waals surface area contributed by atoms with Gasteiger partial charge in [-0.15, -0.1) is 0 Å². The van der Waals surface area contributed by atoms with Crippen LogP contribution in [0.2, 0.25) is 0 Å².